The molecule has 1 spiro atoms. The van der Waals surface area contributed by atoms with Crippen LogP contribution in [0, 0.1) is 5.41 Å². The Morgan fingerprint density at radius 1 is 0.854 bits per heavy atom. The van der Waals surface area contributed by atoms with Gasteiger partial charge in [0.1, 0.15) is 12.1 Å². The molecule has 4 amide bonds. The van der Waals surface area contributed by atoms with Gasteiger partial charge in [0.2, 0.25) is 17.7 Å². The van der Waals surface area contributed by atoms with Crippen LogP contribution in [-0.2, 0) is 25.6 Å². The molecule has 4 N–H and O–H groups in total. The normalized spacial score (nSPS) is 19.5. The van der Waals surface area contributed by atoms with Gasteiger partial charge >= 0.3 is 5.97 Å². The highest BCUT2D eigenvalue weighted by Gasteiger charge is 2.39. The van der Waals surface area contributed by atoms with Gasteiger partial charge in [0.15, 0.2) is 0 Å². The molecular formula is C36H44Cl2N4O6. The second-order valence-electron chi connectivity index (χ2n) is 13.5. The van der Waals surface area contributed by atoms with E-state index in [2.05, 4.69) is 16.0 Å². The number of rotatable bonds is 12. The molecule has 3 aliphatic rings. The van der Waals surface area contributed by atoms with Crippen molar-refractivity contribution in [3.63, 3.8) is 0 Å². The number of likely N-dealkylation sites (tertiary alicyclic amines) is 1. The Morgan fingerprint density at radius 3 is 2.21 bits per heavy atom. The van der Waals surface area contributed by atoms with E-state index in [1.165, 1.54) is 43.9 Å². The van der Waals surface area contributed by atoms with Gasteiger partial charge in [-0.1, -0.05) is 60.3 Å². The van der Waals surface area contributed by atoms with Crippen molar-refractivity contribution >= 4 is 52.8 Å². The molecular weight excluding hydrogens is 655 g/mol. The smallest absolute Gasteiger partial charge is 0.303 e. The monoisotopic (exact) mass is 698 g/mol. The average molecular weight is 700 g/mol. The number of aryl methyl sites for hydroxylation is 1. The molecule has 2 aromatic rings. The first-order chi connectivity index (χ1) is 23.0. The molecule has 1 heterocycles. The van der Waals surface area contributed by atoms with Gasteiger partial charge in [-0.15, -0.1) is 0 Å². The molecule has 2 aliphatic carbocycles. The number of piperidine rings is 1. The summed E-state index contributed by atoms with van der Waals surface area (Å²) in [6.45, 7) is 1.17. The van der Waals surface area contributed by atoms with E-state index >= 15 is 0 Å². The van der Waals surface area contributed by atoms with Crippen molar-refractivity contribution < 1.29 is 29.1 Å². The first-order valence-corrected chi connectivity index (χ1v) is 17.7. The zero-order valence-electron chi connectivity index (χ0n) is 27.1. The largest absolute Gasteiger partial charge is 0.481 e. The first kappa shape index (κ1) is 35.7. The minimum absolute atomic E-state index is 0.0182. The van der Waals surface area contributed by atoms with Crippen LogP contribution >= 0.6 is 23.2 Å². The van der Waals surface area contributed by atoms with Gasteiger partial charge in [-0.25, -0.2) is 0 Å². The van der Waals surface area contributed by atoms with Crippen molar-refractivity contribution in [1.82, 2.24) is 20.9 Å². The number of nitrogens with zero attached hydrogens (tertiary/aromatic N) is 1. The number of hydrogen-bond acceptors (Lipinski definition) is 5. The minimum atomic E-state index is -1.08. The number of carboxylic acid groups (broad SMARTS) is 1. The van der Waals surface area contributed by atoms with E-state index in [1.807, 2.05) is 24.3 Å². The lowest BCUT2D eigenvalue weighted by molar-refractivity contribution is -0.138. The van der Waals surface area contributed by atoms with E-state index in [9.17, 15) is 29.1 Å². The zero-order chi connectivity index (χ0) is 34.3. The fourth-order valence-corrected chi connectivity index (χ4v) is 8.01. The SMILES string of the molecule is O=C(O)CC[C@H](NC(=O)CC[C@@H](NC(=O)c1cc(Cl)cc(Cl)c1)C(=O)N1CCC2(CCCC2)CC1)C(=O)NC1CCCc2ccccc21. The highest BCUT2D eigenvalue weighted by molar-refractivity contribution is 6.35. The van der Waals surface area contributed by atoms with Crippen LogP contribution in [-0.4, -0.2) is 64.8 Å². The fraction of sp³-hybridized carbons (Fsp3) is 0.528. The molecule has 5 rings (SSSR count). The average Bonchev–Trinajstić information content (AvgIpc) is 3.52. The standard InChI is InChI=1S/C36H44Cl2N4O6/c37-25-20-24(21-26(38)22-25)33(46)41-30(35(48)42-18-16-36(17-19-42)14-3-4-15-36)10-12-31(43)39-29(11-13-32(44)45)34(47)40-28-9-5-7-23-6-1-2-8-27(23)28/h1-2,6,8,20-22,28-30H,3-5,7,9-19H2,(H,39,43)(H,40,47)(H,41,46)(H,44,45)/t28?,29-,30+/m0/s1. The van der Waals surface area contributed by atoms with Crippen LogP contribution in [0.5, 0.6) is 0 Å². The molecule has 2 fully saturated rings. The number of amides is 4. The maximum Gasteiger partial charge on any atom is 0.303 e. The van der Waals surface area contributed by atoms with Gasteiger partial charge in [0.25, 0.3) is 5.91 Å². The van der Waals surface area contributed by atoms with Gasteiger partial charge in [-0.2, -0.15) is 0 Å². The molecule has 0 aromatic heterocycles. The highest BCUT2D eigenvalue weighted by Crippen LogP contribution is 2.46. The second-order valence-corrected chi connectivity index (χ2v) is 14.3. The Kier molecular flexibility index (Phi) is 12.0. The topological polar surface area (TPSA) is 145 Å². The van der Waals surface area contributed by atoms with Crippen molar-refractivity contribution in [3.05, 3.63) is 69.2 Å². The van der Waals surface area contributed by atoms with Crippen LogP contribution in [0.3, 0.4) is 0 Å². The zero-order valence-corrected chi connectivity index (χ0v) is 28.6. The van der Waals surface area contributed by atoms with Crippen molar-refractivity contribution in [3.8, 4) is 0 Å². The summed E-state index contributed by atoms with van der Waals surface area (Å²) in [6, 6.07) is 9.97. The second kappa shape index (κ2) is 16.2. The molecule has 3 atom stereocenters. The molecule has 1 aliphatic heterocycles. The lowest BCUT2D eigenvalue weighted by Gasteiger charge is -2.40. The van der Waals surface area contributed by atoms with Crippen LogP contribution in [0.15, 0.2) is 42.5 Å². The number of hydrogen-bond donors (Lipinski definition) is 4. The molecule has 1 saturated heterocycles. The van der Waals surface area contributed by atoms with Gasteiger partial charge in [-0.05, 0) is 92.5 Å². The Bertz CT molecular complexity index is 1500. The van der Waals surface area contributed by atoms with Gasteiger partial charge in [0.05, 0.1) is 6.04 Å². The predicted molar refractivity (Wildman–Crippen MR) is 183 cm³/mol. The maximum absolute atomic E-state index is 13.8. The Hall–Kier alpha value is -3.63. The van der Waals surface area contributed by atoms with Crippen molar-refractivity contribution in [1.29, 1.82) is 0 Å². The van der Waals surface area contributed by atoms with E-state index in [1.54, 1.807) is 4.90 Å². The Balaban J connectivity index is 1.25. The number of fused-ring (bicyclic) bond motifs is 1. The maximum atomic E-state index is 13.8. The van der Waals surface area contributed by atoms with Crippen molar-refractivity contribution in [2.45, 2.75) is 102 Å². The number of carbonyl (C=O) groups is 5. The molecule has 10 nitrogen and oxygen atoms in total. The van der Waals surface area contributed by atoms with Crippen LogP contribution in [0.4, 0.5) is 0 Å². The number of carbonyl (C=O) groups excluding carboxylic acids is 4. The molecule has 2 aromatic carbocycles. The lowest BCUT2D eigenvalue weighted by Crippen LogP contribution is -2.52. The highest BCUT2D eigenvalue weighted by atomic mass is 35.5. The molecule has 258 valence electrons. The quantitative estimate of drug-likeness (QED) is 0.227. The molecule has 0 radical (unpaired) electrons. The van der Waals surface area contributed by atoms with Crippen LogP contribution in [0.1, 0.15) is 105 Å². The van der Waals surface area contributed by atoms with Gasteiger partial charge in [0, 0.05) is 41.5 Å². The summed E-state index contributed by atoms with van der Waals surface area (Å²) in [6.07, 6.45) is 8.56. The third-order valence-electron chi connectivity index (χ3n) is 10.2. The van der Waals surface area contributed by atoms with E-state index in [4.69, 9.17) is 23.2 Å². The number of benzene rings is 2. The summed E-state index contributed by atoms with van der Waals surface area (Å²) in [5.74, 6) is -2.88. The summed E-state index contributed by atoms with van der Waals surface area (Å²) >= 11 is 12.2. The van der Waals surface area contributed by atoms with E-state index in [-0.39, 0.29) is 58.7 Å². The summed E-state index contributed by atoms with van der Waals surface area (Å²) in [4.78, 5) is 67.0. The van der Waals surface area contributed by atoms with E-state index in [0.29, 0.717) is 13.1 Å². The van der Waals surface area contributed by atoms with Crippen LogP contribution < -0.4 is 16.0 Å². The van der Waals surface area contributed by atoms with Gasteiger partial charge < -0.3 is 26.0 Å². The lowest BCUT2D eigenvalue weighted by atomic mass is 9.77. The number of halogens is 2. The molecule has 12 heteroatoms. The predicted octanol–water partition coefficient (Wildman–Crippen LogP) is 5.60. The molecule has 0 bridgehead atoms. The van der Waals surface area contributed by atoms with E-state index in [0.717, 1.165) is 43.2 Å². The summed E-state index contributed by atoms with van der Waals surface area (Å²) in [7, 11) is 0. The summed E-state index contributed by atoms with van der Waals surface area (Å²) in [5, 5.41) is 18.4. The molecule has 48 heavy (non-hydrogen) atoms. The Labute approximate surface area is 291 Å². The third-order valence-corrected chi connectivity index (χ3v) is 10.6. The molecule has 1 saturated carbocycles. The van der Waals surface area contributed by atoms with Crippen molar-refractivity contribution in [2.24, 2.45) is 5.41 Å². The van der Waals surface area contributed by atoms with Crippen LogP contribution in [0.25, 0.3) is 0 Å². The third kappa shape index (κ3) is 9.29. The summed E-state index contributed by atoms with van der Waals surface area (Å²) < 4.78 is 0. The Morgan fingerprint density at radius 2 is 1.52 bits per heavy atom. The number of nitrogens with one attached hydrogen (secondary N) is 3. The van der Waals surface area contributed by atoms with Gasteiger partial charge in [-0.3, -0.25) is 24.0 Å². The van der Waals surface area contributed by atoms with E-state index < -0.39 is 35.8 Å². The first-order valence-electron chi connectivity index (χ1n) is 17.0. The van der Waals surface area contributed by atoms with Crippen molar-refractivity contribution in [2.75, 3.05) is 13.1 Å². The fourth-order valence-electron chi connectivity index (χ4n) is 7.49. The van der Waals surface area contributed by atoms with Crippen LogP contribution in [0.2, 0.25) is 10.0 Å². The molecule has 1 unspecified atom stereocenters. The minimum Gasteiger partial charge on any atom is -0.481 e. The summed E-state index contributed by atoms with van der Waals surface area (Å²) in [5.41, 5.74) is 2.66. The number of aliphatic carboxylic acids is 1. The number of carboxylic acids is 1.